The maximum atomic E-state index is 13.2. The highest BCUT2D eigenvalue weighted by Crippen LogP contribution is 2.48. The zero-order valence-electron chi connectivity index (χ0n) is 14.6. The molecule has 1 saturated heterocycles. The van der Waals surface area contributed by atoms with Gasteiger partial charge in [0.15, 0.2) is 0 Å². The molecule has 0 aromatic heterocycles. The number of nitrogens with zero attached hydrogens (tertiary/aromatic N) is 1. The van der Waals surface area contributed by atoms with Crippen LogP contribution in [0.1, 0.15) is 51.0 Å². The molecule has 2 aliphatic rings. The lowest BCUT2D eigenvalue weighted by Crippen LogP contribution is -2.48. The summed E-state index contributed by atoms with van der Waals surface area (Å²) in [5.74, 6) is -0.744. The van der Waals surface area contributed by atoms with Gasteiger partial charge < -0.3 is 10.0 Å². The molecule has 1 amide bonds. The molecule has 1 aliphatic heterocycles. The molecule has 24 heavy (non-hydrogen) atoms. The van der Waals surface area contributed by atoms with E-state index in [1.165, 1.54) is 0 Å². The summed E-state index contributed by atoms with van der Waals surface area (Å²) >= 11 is 0. The fraction of sp³-hybridized carbons (Fsp3) is 0.600. The summed E-state index contributed by atoms with van der Waals surface area (Å²) in [6.45, 7) is 5.18. The fourth-order valence-electron chi connectivity index (χ4n) is 4.48. The van der Waals surface area contributed by atoms with Crippen LogP contribution >= 0.6 is 0 Å². The summed E-state index contributed by atoms with van der Waals surface area (Å²) in [6.07, 6.45) is 3.93. The third-order valence-electron chi connectivity index (χ3n) is 5.72. The summed E-state index contributed by atoms with van der Waals surface area (Å²) in [4.78, 5) is 26.7. The number of aliphatic carboxylic acids is 1. The van der Waals surface area contributed by atoms with Gasteiger partial charge in [-0.2, -0.15) is 0 Å². The Morgan fingerprint density at radius 3 is 2.38 bits per heavy atom. The van der Waals surface area contributed by atoms with Crippen molar-refractivity contribution >= 4 is 11.9 Å². The lowest BCUT2D eigenvalue weighted by Gasteiger charge is -2.44. The Morgan fingerprint density at radius 2 is 1.88 bits per heavy atom. The minimum Gasteiger partial charge on any atom is -0.481 e. The van der Waals surface area contributed by atoms with Crippen molar-refractivity contribution in [2.24, 2.45) is 17.3 Å². The van der Waals surface area contributed by atoms with Crippen LogP contribution in [0.15, 0.2) is 30.3 Å². The van der Waals surface area contributed by atoms with Gasteiger partial charge in [-0.3, -0.25) is 9.59 Å². The van der Waals surface area contributed by atoms with Crippen molar-refractivity contribution in [1.82, 2.24) is 4.90 Å². The van der Waals surface area contributed by atoms with Gasteiger partial charge in [0.05, 0.1) is 5.92 Å². The van der Waals surface area contributed by atoms with E-state index < -0.39 is 11.9 Å². The molecule has 1 aliphatic carbocycles. The summed E-state index contributed by atoms with van der Waals surface area (Å²) in [7, 11) is 0. The first-order valence-electron chi connectivity index (χ1n) is 9.00. The van der Waals surface area contributed by atoms with E-state index in [4.69, 9.17) is 0 Å². The topological polar surface area (TPSA) is 57.6 Å². The lowest BCUT2D eigenvalue weighted by molar-refractivity contribution is -0.148. The molecule has 0 unspecified atom stereocenters. The van der Waals surface area contributed by atoms with Gasteiger partial charge >= 0.3 is 5.97 Å². The minimum atomic E-state index is -0.800. The third-order valence-corrected chi connectivity index (χ3v) is 5.72. The molecular weight excluding hydrogens is 302 g/mol. The molecule has 130 valence electrons. The average Bonchev–Trinajstić information content (AvgIpc) is 2.96. The SMILES string of the molecule is CC(C)CC1(C(=O)N2C[C@H](C(=O)O)[C@H](c3ccccc3)C2)CCC1. The first-order valence-corrected chi connectivity index (χ1v) is 9.00. The van der Waals surface area contributed by atoms with Gasteiger partial charge in [0, 0.05) is 24.4 Å². The van der Waals surface area contributed by atoms with Crippen molar-refractivity contribution in [2.75, 3.05) is 13.1 Å². The van der Waals surface area contributed by atoms with Gasteiger partial charge in [-0.15, -0.1) is 0 Å². The number of likely N-dealkylation sites (tertiary alicyclic amines) is 1. The molecule has 4 heteroatoms. The maximum absolute atomic E-state index is 13.2. The standard InChI is InChI=1S/C20H27NO3/c1-14(2)11-20(9-6-10-20)19(24)21-12-16(17(13-21)18(22)23)15-7-4-3-5-8-15/h3-5,7-8,14,16-17H,6,9-13H2,1-2H3,(H,22,23)/t16-,17-/m0/s1. The molecule has 1 N–H and O–H groups in total. The van der Waals surface area contributed by atoms with Crippen molar-refractivity contribution in [3.63, 3.8) is 0 Å². The van der Waals surface area contributed by atoms with E-state index in [-0.39, 0.29) is 17.2 Å². The van der Waals surface area contributed by atoms with Crippen LogP contribution in [0.3, 0.4) is 0 Å². The van der Waals surface area contributed by atoms with Crippen LogP contribution in [0.4, 0.5) is 0 Å². The zero-order valence-corrected chi connectivity index (χ0v) is 14.6. The van der Waals surface area contributed by atoms with E-state index in [1.54, 1.807) is 0 Å². The van der Waals surface area contributed by atoms with Gasteiger partial charge in [-0.1, -0.05) is 50.6 Å². The normalized spacial score (nSPS) is 25.5. The Balaban J connectivity index is 1.80. The summed E-state index contributed by atoms with van der Waals surface area (Å²) in [5.41, 5.74) is 0.787. The minimum absolute atomic E-state index is 0.108. The van der Waals surface area contributed by atoms with Gasteiger partial charge in [0.2, 0.25) is 5.91 Å². The Bertz CT molecular complexity index is 607. The second-order valence-electron chi connectivity index (χ2n) is 7.90. The molecule has 0 spiro atoms. The molecule has 1 saturated carbocycles. The second kappa shape index (κ2) is 6.58. The monoisotopic (exact) mass is 329 g/mol. The quantitative estimate of drug-likeness (QED) is 0.899. The number of hydrogen-bond donors (Lipinski definition) is 1. The predicted molar refractivity (Wildman–Crippen MR) is 92.6 cm³/mol. The van der Waals surface area contributed by atoms with Gasteiger partial charge in [0.1, 0.15) is 0 Å². The number of carbonyl (C=O) groups excluding carboxylic acids is 1. The Labute approximate surface area is 143 Å². The van der Waals surface area contributed by atoms with Crippen LogP contribution in [-0.2, 0) is 9.59 Å². The lowest BCUT2D eigenvalue weighted by atomic mass is 9.63. The first-order chi connectivity index (χ1) is 11.4. The Morgan fingerprint density at radius 1 is 1.21 bits per heavy atom. The van der Waals surface area contributed by atoms with E-state index in [0.717, 1.165) is 31.2 Å². The van der Waals surface area contributed by atoms with Gasteiger partial charge in [0.25, 0.3) is 0 Å². The fourth-order valence-corrected chi connectivity index (χ4v) is 4.48. The maximum Gasteiger partial charge on any atom is 0.308 e. The number of carboxylic acids is 1. The van der Waals surface area contributed by atoms with E-state index in [2.05, 4.69) is 13.8 Å². The summed E-state index contributed by atoms with van der Waals surface area (Å²) < 4.78 is 0. The van der Waals surface area contributed by atoms with Crippen LogP contribution in [0.5, 0.6) is 0 Å². The van der Waals surface area contributed by atoms with Gasteiger partial charge in [-0.25, -0.2) is 0 Å². The molecule has 1 aromatic carbocycles. The number of carbonyl (C=O) groups is 2. The van der Waals surface area contributed by atoms with Crippen LogP contribution in [0.2, 0.25) is 0 Å². The highest BCUT2D eigenvalue weighted by molar-refractivity contribution is 5.85. The van der Waals surface area contributed by atoms with Crippen LogP contribution < -0.4 is 0 Å². The van der Waals surface area contributed by atoms with Crippen molar-refractivity contribution in [2.45, 2.75) is 45.4 Å². The van der Waals surface area contributed by atoms with Crippen LogP contribution in [0.25, 0.3) is 0 Å². The van der Waals surface area contributed by atoms with Crippen molar-refractivity contribution in [3.05, 3.63) is 35.9 Å². The van der Waals surface area contributed by atoms with E-state index in [0.29, 0.717) is 19.0 Å². The summed E-state index contributed by atoms with van der Waals surface area (Å²) in [6, 6.07) is 9.75. The van der Waals surface area contributed by atoms with Crippen molar-refractivity contribution < 1.29 is 14.7 Å². The molecule has 2 fully saturated rings. The Kier molecular flexibility index (Phi) is 4.66. The predicted octanol–water partition coefficient (Wildman–Crippen LogP) is 3.53. The first kappa shape index (κ1) is 17.0. The van der Waals surface area contributed by atoms with Gasteiger partial charge in [-0.05, 0) is 30.7 Å². The van der Waals surface area contributed by atoms with Crippen LogP contribution in [0, 0.1) is 17.3 Å². The molecule has 4 nitrogen and oxygen atoms in total. The zero-order chi connectivity index (χ0) is 17.3. The molecular formula is C20H27NO3. The smallest absolute Gasteiger partial charge is 0.308 e. The number of rotatable bonds is 5. The second-order valence-corrected chi connectivity index (χ2v) is 7.90. The van der Waals surface area contributed by atoms with Crippen molar-refractivity contribution in [1.29, 1.82) is 0 Å². The van der Waals surface area contributed by atoms with Crippen LogP contribution in [-0.4, -0.2) is 35.0 Å². The van der Waals surface area contributed by atoms with E-state index in [1.807, 2.05) is 35.2 Å². The number of hydrogen-bond acceptors (Lipinski definition) is 2. The number of amides is 1. The molecule has 0 bridgehead atoms. The molecule has 1 heterocycles. The Hall–Kier alpha value is -1.84. The highest BCUT2D eigenvalue weighted by Gasteiger charge is 2.50. The number of carboxylic acid groups (broad SMARTS) is 1. The van der Waals surface area contributed by atoms with Crippen molar-refractivity contribution in [3.8, 4) is 0 Å². The summed E-state index contributed by atoms with van der Waals surface area (Å²) in [5, 5.41) is 9.63. The molecule has 3 rings (SSSR count). The van der Waals surface area contributed by atoms with E-state index in [9.17, 15) is 14.7 Å². The molecule has 0 radical (unpaired) electrons. The third kappa shape index (κ3) is 3.06. The molecule has 1 aromatic rings. The highest BCUT2D eigenvalue weighted by atomic mass is 16.4. The largest absolute Gasteiger partial charge is 0.481 e. The van der Waals surface area contributed by atoms with E-state index >= 15 is 0 Å². The molecule has 2 atom stereocenters. The average molecular weight is 329 g/mol. The number of benzene rings is 1.